The lowest BCUT2D eigenvalue weighted by Crippen LogP contribution is -2.39. The Morgan fingerprint density at radius 1 is 1.71 bits per heavy atom. The van der Waals surface area contributed by atoms with Crippen LogP contribution in [0, 0.1) is 6.92 Å². The third-order valence-electron chi connectivity index (χ3n) is 2.98. The number of likely N-dealkylation sites (N-methyl/N-ethyl adjacent to an activating group) is 1. The van der Waals surface area contributed by atoms with Crippen LogP contribution in [-0.4, -0.2) is 29.9 Å². The zero-order chi connectivity index (χ0) is 10.2. The molecule has 1 fully saturated rings. The summed E-state index contributed by atoms with van der Waals surface area (Å²) >= 11 is 0. The maximum Gasteiger partial charge on any atom is 0.164 e. The molecule has 76 valence electrons. The fourth-order valence-electron chi connectivity index (χ4n) is 2.06. The van der Waals surface area contributed by atoms with Crippen molar-refractivity contribution in [3.8, 4) is 0 Å². The van der Waals surface area contributed by atoms with E-state index in [4.69, 9.17) is 4.52 Å². The molecule has 4 heteroatoms. The van der Waals surface area contributed by atoms with Crippen LogP contribution in [0.15, 0.2) is 10.6 Å². The van der Waals surface area contributed by atoms with Gasteiger partial charge in [0, 0.05) is 6.07 Å². The smallest absolute Gasteiger partial charge is 0.164 e. The first-order valence-corrected chi connectivity index (χ1v) is 4.80. The Bertz CT molecular complexity index is 348. The molecule has 0 radical (unpaired) electrons. The summed E-state index contributed by atoms with van der Waals surface area (Å²) < 4.78 is 5.19. The first-order chi connectivity index (χ1) is 6.69. The minimum atomic E-state index is -0.568. The van der Waals surface area contributed by atoms with Gasteiger partial charge in [-0.15, -0.1) is 0 Å². The Balaban J connectivity index is 2.42. The fourth-order valence-corrected chi connectivity index (χ4v) is 2.06. The Morgan fingerprint density at radius 3 is 2.93 bits per heavy atom. The van der Waals surface area contributed by atoms with Crippen LogP contribution >= 0.6 is 0 Å². The highest BCUT2D eigenvalue weighted by atomic mass is 16.5. The topological polar surface area (TPSA) is 46.3 Å². The van der Waals surface area contributed by atoms with Crippen LogP contribution in [0.2, 0.25) is 0 Å². The molecule has 4 nitrogen and oxygen atoms in total. The lowest BCUT2D eigenvalue weighted by molar-refractivity contribution is -0.118. The molecule has 0 unspecified atom stereocenters. The van der Waals surface area contributed by atoms with E-state index in [1.165, 1.54) is 0 Å². The Morgan fingerprint density at radius 2 is 2.50 bits per heavy atom. The zero-order valence-corrected chi connectivity index (χ0v) is 8.49. The molecule has 0 N–H and O–H groups in total. The van der Waals surface area contributed by atoms with E-state index in [1.54, 1.807) is 0 Å². The van der Waals surface area contributed by atoms with Crippen molar-refractivity contribution in [1.29, 1.82) is 0 Å². The summed E-state index contributed by atoms with van der Waals surface area (Å²) in [6.07, 6.45) is 2.82. The van der Waals surface area contributed by atoms with E-state index in [2.05, 4.69) is 5.16 Å². The van der Waals surface area contributed by atoms with E-state index in [1.807, 2.05) is 24.9 Å². The molecule has 0 amide bonds. The monoisotopic (exact) mass is 194 g/mol. The molecule has 0 saturated carbocycles. The summed E-state index contributed by atoms with van der Waals surface area (Å²) in [6.45, 7) is 2.79. The molecule has 0 aliphatic carbocycles. The lowest BCUT2D eigenvalue weighted by atomic mass is 9.95. The third-order valence-corrected chi connectivity index (χ3v) is 2.98. The second kappa shape index (κ2) is 3.20. The number of likely N-dealkylation sites (tertiary alicyclic amines) is 1. The maximum absolute atomic E-state index is 11.2. The van der Waals surface area contributed by atoms with E-state index in [0.29, 0.717) is 5.76 Å². The van der Waals surface area contributed by atoms with Crippen molar-refractivity contribution in [2.45, 2.75) is 25.3 Å². The fraction of sp³-hybridized carbons (Fsp3) is 0.600. The summed E-state index contributed by atoms with van der Waals surface area (Å²) in [6, 6.07) is 1.84. The molecule has 14 heavy (non-hydrogen) atoms. The molecule has 1 aromatic rings. The van der Waals surface area contributed by atoms with Gasteiger partial charge in [0.2, 0.25) is 0 Å². The molecular weight excluding hydrogens is 180 g/mol. The number of hydrogen-bond donors (Lipinski definition) is 0. The Hall–Kier alpha value is -1.16. The number of aryl methyl sites for hydroxylation is 1. The molecular formula is C10H14N2O2. The number of hydrogen-bond acceptors (Lipinski definition) is 4. The standard InChI is InChI=1S/C10H14N2O2/c1-8-6-9(14-11-8)10(7-13)4-3-5-12(10)2/h6-7H,3-5H2,1-2H3/t10-/m0/s1. The highest BCUT2D eigenvalue weighted by molar-refractivity contribution is 5.67. The van der Waals surface area contributed by atoms with Gasteiger partial charge in [0.05, 0.1) is 5.69 Å². The van der Waals surface area contributed by atoms with Crippen LogP contribution in [0.3, 0.4) is 0 Å². The highest BCUT2D eigenvalue weighted by Crippen LogP contribution is 2.35. The predicted octanol–water partition coefficient (Wildman–Crippen LogP) is 1.10. The number of rotatable bonds is 2. The quantitative estimate of drug-likeness (QED) is 0.661. The number of aldehydes is 1. The van der Waals surface area contributed by atoms with Crippen LogP contribution in [0.1, 0.15) is 24.3 Å². The van der Waals surface area contributed by atoms with Crippen LogP contribution < -0.4 is 0 Å². The van der Waals surface area contributed by atoms with Crippen LogP contribution in [0.4, 0.5) is 0 Å². The van der Waals surface area contributed by atoms with E-state index in [0.717, 1.165) is 31.4 Å². The molecule has 1 saturated heterocycles. The minimum Gasteiger partial charge on any atom is -0.359 e. The Labute approximate surface area is 82.9 Å². The third kappa shape index (κ3) is 1.18. The predicted molar refractivity (Wildman–Crippen MR) is 50.8 cm³/mol. The summed E-state index contributed by atoms with van der Waals surface area (Å²) in [5.74, 6) is 0.671. The number of aromatic nitrogens is 1. The molecule has 0 spiro atoms. The van der Waals surface area contributed by atoms with Gasteiger partial charge in [-0.05, 0) is 33.4 Å². The molecule has 2 heterocycles. The molecule has 2 rings (SSSR count). The average Bonchev–Trinajstić information content (AvgIpc) is 2.73. The van der Waals surface area contributed by atoms with Gasteiger partial charge in [-0.25, -0.2) is 0 Å². The van der Waals surface area contributed by atoms with Gasteiger partial charge in [-0.1, -0.05) is 5.16 Å². The normalized spacial score (nSPS) is 28.1. The molecule has 1 atom stereocenters. The van der Waals surface area contributed by atoms with Crippen molar-refractivity contribution in [2.24, 2.45) is 0 Å². The van der Waals surface area contributed by atoms with Crippen molar-refractivity contribution in [2.75, 3.05) is 13.6 Å². The zero-order valence-electron chi connectivity index (χ0n) is 8.49. The SMILES string of the molecule is Cc1cc([C@@]2(C=O)CCCN2C)on1. The lowest BCUT2D eigenvalue weighted by Gasteiger charge is -2.27. The summed E-state index contributed by atoms with van der Waals surface area (Å²) in [5.41, 5.74) is 0.253. The van der Waals surface area contributed by atoms with Crippen molar-refractivity contribution in [3.63, 3.8) is 0 Å². The van der Waals surface area contributed by atoms with E-state index < -0.39 is 5.54 Å². The average molecular weight is 194 g/mol. The first kappa shape index (κ1) is 9.40. The van der Waals surface area contributed by atoms with Crippen molar-refractivity contribution < 1.29 is 9.32 Å². The van der Waals surface area contributed by atoms with Gasteiger partial charge in [0.25, 0.3) is 0 Å². The number of carbonyl (C=O) groups excluding carboxylic acids is 1. The molecule has 0 aromatic carbocycles. The Kier molecular flexibility index (Phi) is 2.15. The number of carbonyl (C=O) groups is 1. The highest BCUT2D eigenvalue weighted by Gasteiger charge is 2.43. The van der Waals surface area contributed by atoms with Gasteiger partial charge in [-0.3, -0.25) is 4.90 Å². The minimum absolute atomic E-state index is 0.568. The second-order valence-electron chi connectivity index (χ2n) is 3.90. The molecule has 1 aliphatic heterocycles. The first-order valence-electron chi connectivity index (χ1n) is 4.80. The molecule has 1 aromatic heterocycles. The summed E-state index contributed by atoms with van der Waals surface area (Å²) in [7, 11) is 1.94. The molecule has 1 aliphatic rings. The van der Waals surface area contributed by atoms with E-state index >= 15 is 0 Å². The largest absolute Gasteiger partial charge is 0.359 e. The van der Waals surface area contributed by atoms with Crippen molar-refractivity contribution in [3.05, 3.63) is 17.5 Å². The van der Waals surface area contributed by atoms with Crippen LogP contribution in [0.5, 0.6) is 0 Å². The van der Waals surface area contributed by atoms with Gasteiger partial charge >= 0.3 is 0 Å². The van der Waals surface area contributed by atoms with Gasteiger partial charge in [0.15, 0.2) is 5.76 Å². The van der Waals surface area contributed by atoms with Crippen LogP contribution in [-0.2, 0) is 10.3 Å². The summed E-state index contributed by atoms with van der Waals surface area (Å²) in [5, 5.41) is 3.83. The van der Waals surface area contributed by atoms with Gasteiger partial charge in [0.1, 0.15) is 11.8 Å². The van der Waals surface area contributed by atoms with Gasteiger partial charge < -0.3 is 9.32 Å². The van der Waals surface area contributed by atoms with Crippen LogP contribution in [0.25, 0.3) is 0 Å². The molecule has 0 bridgehead atoms. The maximum atomic E-state index is 11.2. The number of nitrogens with zero attached hydrogens (tertiary/aromatic N) is 2. The van der Waals surface area contributed by atoms with E-state index in [9.17, 15) is 4.79 Å². The van der Waals surface area contributed by atoms with Crippen molar-refractivity contribution in [1.82, 2.24) is 10.1 Å². The van der Waals surface area contributed by atoms with Gasteiger partial charge in [-0.2, -0.15) is 0 Å². The summed E-state index contributed by atoms with van der Waals surface area (Å²) in [4.78, 5) is 13.2. The second-order valence-corrected chi connectivity index (χ2v) is 3.90. The van der Waals surface area contributed by atoms with E-state index in [-0.39, 0.29) is 0 Å². The van der Waals surface area contributed by atoms with Crippen molar-refractivity contribution >= 4 is 6.29 Å².